The first-order chi connectivity index (χ1) is 13.9. The second-order valence-corrected chi connectivity index (χ2v) is 7.56. The minimum absolute atomic E-state index is 0.0786. The second-order valence-electron chi connectivity index (χ2n) is 6.61. The molecule has 0 saturated heterocycles. The van der Waals surface area contributed by atoms with E-state index in [9.17, 15) is 9.59 Å². The minimum atomic E-state index is -0.371. The van der Waals surface area contributed by atoms with Gasteiger partial charge >= 0.3 is 5.97 Å². The molecule has 156 valence electrons. The highest BCUT2D eigenvalue weighted by Gasteiger charge is 2.13. The van der Waals surface area contributed by atoms with Crippen molar-refractivity contribution in [2.75, 3.05) is 17.7 Å². The van der Waals surface area contributed by atoms with Gasteiger partial charge in [0.15, 0.2) is 5.16 Å². The van der Waals surface area contributed by atoms with Gasteiger partial charge in [0.2, 0.25) is 5.91 Å². The first-order valence-electron chi connectivity index (χ1n) is 9.85. The van der Waals surface area contributed by atoms with Gasteiger partial charge in [-0.1, -0.05) is 37.2 Å². The number of anilines is 1. The van der Waals surface area contributed by atoms with Gasteiger partial charge in [-0.25, -0.2) is 9.78 Å². The van der Waals surface area contributed by atoms with E-state index in [1.54, 1.807) is 13.0 Å². The van der Waals surface area contributed by atoms with Crippen molar-refractivity contribution in [1.82, 2.24) is 9.55 Å². The van der Waals surface area contributed by atoms with Gasteiger partial charge in [-0.05, 0) is 51.0 Å². The van der Waals surface area contributed by atoms with Gasteiger partial charge in [0, 0.05) is 24.0 Å². The molecule has 29 heavy (non-hydrogen) atoms. The molecule has 0 aliphatic carbocycles. The van der Waals surface area contributed by atoms with Gasteiger partial charge in [-0.2, -0.15) is 0 Å². The van der Waals surface area contributed by atoms with E-state index in [4.69, 9.17) is 4.74 Å². The van der Waals surface area contributed by atoms with Crippen LogP contribution in [0.25, 0.3) is 6.08 Å². The van der Waals surface area contributed by atoms with E-state index in [2.05, 4.69) is 28.7 Å². The van der Waals surface area contributed by atoms with Gasteiger partial charge in [0.1, 0.15) is 0 Å². The van der Waals surface area contributed by atoms with Crippen molar-refractivity contribution in [1.29, 1.82) is 0 Å². The van der Waals surface area contributed by atoms with Crippen LogP contribution in [0.5, 0.6) is 0 Å². The average Bonchev–Trinajstić information content (AvgIpc) is 2.98. The normalized spacial score (nSPS) is 11.0. The van der Waals surface area contributed by atoms with Crippen molar-refractivity contribution in [2.45, 2.75) is 52.2 Å². The lowest BCUT2D eigenvalue weighted by atomic mass is 10.2. The van der Waals surface area contributed by atoms with Gasteiger partial charge < -0.3 is 14.6 Å². The molecule has 0 unspecified atom stereocenters. The third kappa shape index (κ3) is 7.09. The Kier molecular flexibility index (Phi) is 8.99. The van der Waals surface area contributed by atoms with E-state index in [0.29, 0.717) is 18.0 Å². The predicted molar refractivity (Wildman–Crippen MR) is 118 cm³/mol. The zero-order valence-electron chi connectivity index (χ0n) is 17.5. The molecule has 0 aliphatic heterocycles. The van der Waals surface area contributed by atoms with Crippen molar-refractivity contribution in [2.24, 2.45) is 0 Å². The predicted octanol–water partition coefficient (Wildman–Crippen LogP) is 4.61. The second kappa shape index (κ2) is 11.5. The summed E-state index contributed by atoms with van der Waals surface area (Å²) >= 11 is 1.46. The van der Waals surface area contributed by atoms with E-state index in [1.165, 1.54) is 17.8 Å². The fourth-order valence-corrected chi connectivity index (χ4v) is 3.59. The average molecular weight is 416 g/mol. The van der Waals surface area contributed by atoms with Gasteiger partial charge in [0.25, 0.3) is 0 Å². The Bertz CT molecular complexity index is 857. The summed E-state index contributed by atoms with van der Waals surface area (Å²) in [4.78, 5) is 28.3. The molecule has 0 radical (unpaired) electrons. The number of rotatable bonds is 10. The van der Waals surface area contributed by atoms with E-state index in [-0.39, 0.29) is 11.9 Å². The molecular formula is C22H29N3O3S. The lowest BCUT2D eigenvalue weighted by Gasteiger charge is -2.09. The summed E-state index contributed by atoms with van der Waals surface area (Å²) in [7, 11) is 0. The summed E-state index contributed by atoms with van der Waals surface area (Å²) in [5.41, 5.74) is 3.74. The largest absolute Gasteiger partial charge is 0.463 e. The fraction of sp³-hybridized carbons (Fsp3) is 0.409. The smallest absolute Gasteiger partial charge is 0.330 e. The van der Waals surface area contributed by atoms with Crippen LogP contribution in [0.1, 0.15) is 43.6 Å². The molecule has 0 atom stereocenters. The van der Waals surface area contributed by atoms with Crippen molar-refractivity contribution in [3.63, 3.8) is 0 Å². The first kappa shape index (κ1) is 22.7. The summed E-state index contributed by atoms with van der Waals surface area (Å²) in [6, 6.07) is 7.29. The van der Waals surface area contributed by atoms with E-state index in [1.807, 2.05) is 31.2 Å². The van der Waals surface area contributed by atoms with Crippen LogP contribution in [0.15, 0.2) is 35.5 Å². The fourth-order valence-electron chi connectivity index (χ4n) is 2.67. The van der Waals surface area contributed by atoms with Crippen LogP contribution < -0.4 is 5.32 Å². The van der Waals surface area contributed by atoms with Crippen LogP contribution in [0, 0.1) is 13.8 Å². The summed E-state index contributed by atoms with van der Waals surface area (Å²) in [5, 5.41) is 3.79. The lowest BCUT2D eigenvalue weighted by Crippen LogP contribution is -2.14. The van der Waals surface area contributed by atoms with Crippen LogP contribution in [-0.4, -0.2) is 33.8 Å². The molecule has 1 heterocycles. The number of esters is 1. The number of benzene rings is 1. The molecular weight excluding hydrogens is 386 g/mol. The number of aromatic nitrogens is 2. The molecule has 6 nitrogen and oxygen atoms in total. The van der Waals surface area contributed by atoms with Crippen molar-refractivity contribution < 1.29 is 14.3 Å². The molecule has 1 amide bonds. The number of ether oxygens (including phenoxy) is 1. The van der Waals surface area contributed by atoms with Gasteiger partial charge in [-0.15, -0.1) is 0 Å². The molecule has 1 aromatic heterocycles. The Balaban J connectivity index is 1.90. The summed E-state index contributed by atoms with van der Waals surface area (Å²) in [5.74, 6) is -0.151. The quantitative estimate of drug-likeness (QED) is 0.349. The maximum Gasteiger partial charge on any atom is 0.330 e. The maximum atomic E-state index is 12.3. The highest BCUT2D eigenvalue weighted by molar-refractivity contribution is 7.99. The Morgan fingerprint density at radius 2 is 1.93 bits per heavy atom. The number of unbranched alkanes of at least 4 members (excludes halogenated alkanes) is 1. The Morgan fingerprint density at radius 1 is 1.21 bits per heavy atom. The number of hydrogen-bond donors (Lipinski definition) is 1. The van der Waals surface area contributed by atoms with E-state index in [0.717, 1.165) is 41.5 Å². The number of carbonyl (C=O) groups is 2. The lowest BCUT2D eigenvalue weighted by molar-refractivity contribution is -0.137. The van der Waals surface area contributed by atoms with Crippen LogP contribution in [0.4, 0.5) is 5.69 Å². The molecule has 7 heteroatoms. The molecule has 2 aromatic rings. The zero-order chi connectivity index (χ0) is 21.2. The van der Waals surface area contributed by atoms with Crippen LogP contribution in [-0.2, 0) is 20.9 Å². The molecule has 0 aliphatic rings. The van der Waals surface area contributed by atoms with Crippen molar-refractivity contribution >= 4 is 35.4 Å². The first-order valence-corrected chi connectivity index (χ1v) is 10.8. The van der Waals surface area contributed by atoms with Crippen LogP contribution in [0.3, 0.4) is 0 Å². The Hall–Kier alpha value is -2.54. The SMILES string of the molecule is CCCCn1c(SCC(=O)Nc2ccc(/C=C/C(=O)OCC)cc2)nc(C)c1C. The van der Waals surface area contributed by atoms with Crippen LogP contribution >= 0.6 is 11.8 Å². The molecule has 1 aromatic carbocycles. The van der Waals surface area contributed by atoms with E-state index < -0.39 is 0 Å². The number of thioether (sulfide) groups is 1. The van der Waals surface area contributed by atoms with Crippen molar-refractivity contribution in [3.8, 4) is 0 Å². The number of amides is 1. The number of nitrogens with one attached hydrogen (secondary N) is 1. The molecule has 0 saturated carbocycles. The standard InChI is InChI=1S/C22H29N3O3S/c1-5-7-14-25-17(4)16(3)23-22(25)29-15-20(26)24-19-11-8-18(9-12-19)10-13-21(27)28-6-2/h8-13H,5-7,14-15H2,1-4H3,(H,24,26)/b13-10+. The number of carbonyl (C=O) groups excluding carboxylic acids is 2. The molecule has 0 bridgehead atoms. The summed E-state index contributed by atoms with van der Waals surface area (Å²) < 4.78 is 7.05. The monoisotopic (exact) mass is 415 g/mol. The summed E-state index contributed by atoms with van der Waals surface area (Å²) in [6.45, 7) is 9.28. The number of imidazole rings is 1. The maximum absolute atomic E-state index is 12.3. The molecule has 0 fully saturated rings. The van der Waals surface area contributed by atoms with Gasteiger partial charge in [0.05, 0.1) is 18.1 Å². The third-order valence-electron chi connectivity index (χ3n) is 4.38. The highest BCUT2D eigenvalue weighted by atomic mass is 32.2. The Labute approximate surface area is 176 Å². The van der Waals surface area contributed by atoms with Crippen LogP contribution in [0.2, 0.25) is 0 Å². The summed E-state index contributed by atoms with van der Waals surface area (Å²) in [6.07, 6.45) is 5.28. The molecule has 0 spiro atoms. The molecule has 2 rings (SSSR count). The van der Waals surface area contributed by atoms with E-state index >= 15 is 0 Å². The number of hydrogen-bond acceptors (Lipinski definition) is 5. The Morgan fingerprint density at radius 3 is 2.59 bits per heavy atom. The minimum Gasteiger partial charge on any atom is -0.463 e. The van der Waals surface area contributed by atoms with Crippen molar-refractivity contribution in [3.05, 3.63) is 47.3 Å². The molecule has 1 N–H and O–H groups in total. The number of aryl methyl sites for hydroxylation is 1. The number of nitrogens with zero attached hydrogens (tertiary/aromatic N) is 2. The third-order valence-corrected chi connectivity index (χ3v) is 5.36. The highest BCUT2D eigenvalue weighted by Crippen LogP contribution is 2.22. The van der Waals surface area contributed by atoms with Gasteiger partial charge in [-0.3, -0.25) is 4.79 Å². The topological polar surface area (TPSA) is 73.2 Å². The zero-order valence-corrected chi connectivity index (χ0v) is 18.3.